The van der Waals surface area contributed by atoms with E-state index in [-0.39, 0.29) is 18.4 Å². The van der Waals surface area contributed by atoms with Crippen molar-refractivity contribution in [1.29, 1.82) is 0 Å². The molecule has 1 amide bonds. The number of aliphatic hydroxyl groups is 1. The van der Waals surface area contributed by atoms with E-state index in [2.05, 4.69) is 4.98 Å². The molecule has 6 N–H and O–H groups in total. The first-order chi connectivity index (χ1) is 11.6. The van der Waals surface area contributed by atoms with Crippen molar-refractivity contribution in [3.63, 3.8) is 0 Å². The molecule has 3 aromatic rings. The summed E-state index contributed by atoms with van der Waals surface area (Å²) >= 11 is 0. The third-order valence-corrected chi connectivity index (χ3v) is 4.39. The molecule has 24 heavy (non-hydrogen) atoms. The standard InChI is InChI=1S/C19H21N3O2/c20-11-14(19(21)24)10-12-4-6-13(7-5-12)18(23)16-2-1-3-17-15(16)8-9-22-17/h1-9,14,18,22-23H,10-11,20H2,(H2,21,24)/t14-,18?/m0/s1. The minimum Gasteiger partial charge on any atom is -0.384 e. The molecule has 3 rings (SSSR count). The Morgan fingerprint density at radius 1 is 1.12 bits per heavy atom. The number of nitrogens with two attached hydrogens (primary N) is 2. The van der Waals surface area contributed by atoms with Gasteiger partial charge in [-0.3, -0.25) is 4.79 Å². The largest absolute Gasteiger partial charge is 0.384 e. The van der Waals surface area contributed by atoms with Crippen LogP contribution in [0.3, 0.4) is 0 Å². The first kappa shape index (κ1) is 16.2. The molecule has 0 saturated heterocycles. The Morgan fingerprint density at radius 2 is 1.88 bits per heavy atom. The Kier molecular flexibility index (Phi) is 4.64. The van der Waals surface area contributed by atoms with Crippen molar-refractivity contribution < 1.29 is 9.90 Å². The first-order valence-corrected chi connectivity index (χ1v) is 7.92. The number of fused-ring (bicyclic) bond motifs is 1. The zero-order chi connectivity index (χ0) is 17.1. The van der Waals surface area contributed by atoms with E-state index in [9.17, 15) is 9.90 Å². The molecule has 0 aliphatic carbocycles. The number of primary amides is 1. The maximum Gasteiger partial charge on any atom is 0.222 e. The van der Waals surface area contributed by atoms with E-state index in [1.165, 1.54) is 0 Å². The van der Waals surface area contributed by atoms with Crippen molar-refractivity contribution in [2.45, 2.75) is 12.5 Å². The predicted octanol–water partition coefficient (Wildman–Crippen LogP) is 1.85. The van der Waals surface area contributed by atoms with Crippen molar-refractivity contribution in [2.24, 2.45) is 17.4 Å². The van der Waals surface area contributed by atoms with E-state index in [4.69, 9.17) is 11.5 Å². The normalized spacial score (nSPS) is 13.8. The summed E-state index contributed by atoms with van der Waals surface area (Å²) in [6.07, 6.45) is 1.66. The van der Waals surface area contributed by atoms with E-state index in [0.29, 0.717) is 6.42 Å². The molecule has 1 aromatic heterocycles. The third kappa shape index (κ3) is 3.18. The highest BCUT2D eigenvalue weighted by atomic mass is 16.3. The first-order valence-electron chi connectivity index (χ1n) is 7.92. The number of aromatic amines is 1. The fourth-order valence-corrected chi connectivity index (χ4v) is 2.95. The van der Waals surface area contributed by atoms with E-state index in [0.717, 1.165) is 27.6 Å². The molecule has 2 atom stereocenters. The van der Waals surface area contributed by atoms with E-state index >= 15 is 0 Å². The summed E-state index contributed by atoms with van der Waals surface area (Å²) in [6.45, 7) is 0.231. The van der Waals surface area contributed by atoms with Crippen molar-refractivity contribution >= 4 is 16.8 Å². The van der Waals surface area contributed by atoms with Crippen LogP contribution in [0, 0.1) is 5.92 Å². The number of amides is 1. The fraction of sp³-hybridized carbons (Fsp3) is 0.211. The highest BCUT2D eigenvalue weighted by molar-refractivity contribution is 5.83. The number of hydrogen-bond donors (Lipinski definition) is 4. The Labute approximate surface area is 140 Å². The van der Waals surface area contributed by atoms with Crippen molar-refractivity contribution in [3.8, 4) is 0 Å². The lowest BCUT2D eigenvalue weighted by atomic mass is 9.94. The zero-order valence-corrected chi connectivity index (χ0v) is 13.3. The number of aliphatic hydroxyl groups excluding tert-OH is 1. The summed E-state index contributed by atoms with van der Waals surface area (Å²) in [5, 5.41) is 11.7. The van der Waals surface area contributed by atoms with Crippen molar-refractivity contribution in [1.82, 2.24) is 4.98 Å². The molecule has 5 heteroatoms. The second-order valence-corrected chi connectivity index (χ2v) is 5.97. The van der Waals surface area contributed by atoms with E-state index in [1.807, 2.05) is 54.7 Å². The number of carbonyl (C=O) groups excluding carboxylic acids is 1. The van der Waals surface area contributed by atoms with Gasteiger partial charge in [-0.15, -0.1) is 0 Å². The minimum atomic E-state index is -0.708. The van der Waals surface area contributed by atoms with Crippen LogP contribution in [0.4, 0.5) is 0 Å². The van der Waals surface area contributed by atoms with Crippen LogP contribution in [-0.2, 0) is 11.2 Å². The number of benzene rings is 2. The van der Waals surface area contributed by atoms with Gasteiger partial charge in [0.2, 0.25) is 5.91 Å². The average molecular weight is 323 g/mol. The molecule has 0 spiro atoms. The third-order valence-electron chi connectivity index (χ3n) is 4.39. The molecule has 0 saturated carbocycles. The molecule has 0 aliphatic heterocycles. The molecule has 0 bridgehead atoms. The van der Waals surface area contributed by atoms with Gasteiger partial charge < -0.3 is 21.6 Å². The lowest BCUT2D eigenvalue weighted by Gasteiger charge is -2.15. The quantitative estimate of drug-likeness (QED) is 0.556. The Bertz CT molecular complexity index is 839. The minimum absolute atomic E-state index is 0.231. The number of H-pyrrole nitrogens is 1. The second-order valence-electron chi connectivity index (χ2n) is 5.97. The smallest absolute Gasteiger partial charge is 0.222 e. The molecule has 1 unspecified atom stereocenters. The molecule has 0 aliphatic rings. The summed E-state index contributed by atoms with van der Waals surface area (Å²) in [4.78, 5) is 14.4. The molecule has 0 fully saturated rings. The van der Waals surface area contributed by atoms with Crippen LogP contribution < -0.4 is 11.5 Å². The monoisotopic (exact) mass is 323 g/mol. The number of aromatic nitrogens is 1. The number of hydrogen-bond acceptors (Lipinski definition) is 3. The summed E-state index contributed by atoms with van der Waals surface area (Å²) in [7, 11) is 0. The SMILES string of the molecule is NC[C@H](Cc1ccc(C(O)c2cccc3[nH]ccc23)cc1)C(N)=O. The van der Waals surface area contributed by atoms with Gasteiger partial charge in [-0.1, -0.05) is 36.4 Å². The highest BCUT2D eigenvalue weighted by Crippen LogP contribution is 2.28. The molecule has 124 valence electrons. The van der Waals surface area contributed by atoms with Crippen LogP contribution in [0.1, 0.15) is 22.8 Å². The van der Waals surface area contributed by atoms with Gasteiger partial charge in [0.15, 0.2) is 0 Å². The van der Waals surface area contributed by atoms with Crippen LogP contribution in [-0.4, -0.2) is 22.5 Å². The number of rotatable bonds is 6. The van der Waals surface area contributed by atoms with Gasteiger partial charge in [-0.25, -0.2) is 0 Å². The molecule has 2 aromatic carbocycles. The number of nitrogens with one attached hydrogen (secondary N) is 1. The van der Waals surface area contributed by atoms with Gasteiger partial charge in [-0.2, -0.15) is 0 Å². The Hall–Kier alpha value is -2.63. The van der Waals surface area contributed by atoms with Crippen molar-refractivity contribution in [2.75, 3.05) is 6.54 Å². The van der Waals surface area contributed by atoms with Gasteiger partial charge in [-0.05, 0) is 35.2 Å². The topological polar surface area (TPSA) is 105 Å². The molecule has 1 heterocycles. The van der Waals surface area contributed by atoms with Gasteiger partial charge in [0.25, 0.3) is 0 Å². The Morgan fingerprint density at radius 3 is 2.54 bits per heavy atom. The maximum absolute atomic E-state index is 11.3. The van der Waals surface area contributed by atoms with E-state index < -0.39 is 6.10 Å². The van der Waals surface area contributed by atoms with Crippen LogP contribution >= 0.6 is 0 Å². The lowest BCUT2D eigenvalue weighted by molar-refractivity contribution is -0.121. The van der Waals surface area contributed by atoms with Crippen molar-refractivity contribution in [3.05, 3.63) is 71.4 Å². The summed E-state index contributed by atoms with van der Waals surface area (Å²) in [5.74, 6) is -0.755. The number of carbonyl (C=O) groups is 1. The highest BCUT2D eigenvalue weighted by Gasteiger charge is 2.16. The summed E-state index contributed by atoms with van der Waals surface area (Å²) in [5.41, 5.74) is 14.5. The lowest BCUT2D eigenvalue weighted by Crippen LogP contribution is -2.31. The van der Waals surface area contributed by atoms with Crippen LogP contribution in [0.2, 0.25) is 0 Å². The fourth-order valence-electron chi connectivity index (χ4n) is 2.95. The van der Waals surface area contributed by atoms with Gasteiger partial charge in [0.05, 0.1) is 5.92 Å². The maximum atomic E-state index is 11.3. The van der Waals surface area contributed by atoms with Crippen LogP contribution in [0.25, 0.3) is 10.9 Å². The molecule has 5 nitrogen and oxygen atoms in total. The predicted molar refractivity (Wildman–Crippen MR) is 94.2 cm³/mol. The zero-order valence-electron chi connectivity index (χ0n) is 13.3. The summed E-state index contributed by atoms with van der Waals surface area (Å²) in [6, 6.07) is 15.3. The van der Waals surface area contributed by atoms with Gasteiger partial charge in [0, 0.05) is 23.6 Å². The molecule has 0 radical (unpaired) electrons. The Balaban J connectivity index is 1.82. The average Bonchev–Trinajstić information content (AvgIpc) is 3.08. The van der Waals surface area contributed by atoms with E-state index in [1.54, 1.807) is 0 Å². The van der Waals surface area contributed by atoms with Crippen LogP contribution in [0.15, 0.2) is 54.7 Å². The summed E-state index contributed by atoms with van der Waals surface area (Å²) < 4.78 is 0. The molecular formula is C19H21N3O2. The second kappa shape index (κ2) is 6.86. The molecular weight excluding hydrogens is 302 g/mol. The van der Waals surface area contributed by atoms with Gasteiger partial charge in [0.1, 0.15) is 6.10 Å². The van der Waals surface area contributed by atoms with Crippen LogP contribution in [0.5, 0.6) is 0 Å². The van der Waals surface area contributed by atoms with Gasteiger partial charge >= 0.3 is 0 Å².